The summed E-state index contributed by atoms with van der Waals surface area (Å²) in [5.74, 6) is 5.28. The van der Waals surface area contributed by atoms with E-state index in [0.29, 0.717) is 24.0 Å². The van der Waals surface area contributed by atoms with Gasteiger partial charge >= 0.3 is 5.97 Å². The Labute approximate surface area is 94.4 Å². The van der Waals surface area contributed by atoms with Gasteiger partial charge in [0.2, 0.25) is 0 Å². The normalized spacial score (nSPS) is 8.81. The first-order valence-corrected chi connectivity index (χ1v) is 4.89. The van der Waals surface area contributed by atoms with Crippen LogP contribution in [0.4, 0.5) is 0 Å². The summed E-state index contributed by atoms with van der Waals surface area (Å²) >= 11 is 0. The van der Waals surface area contributed by atoms with Crippen LogP contribution in [-0.2, 0) is 9.53 Å². The van der Waals surface area contributed by atoms with E-state index in [1.54, 1.807) is 24.3 Å². The molecule has 0 unspecified atom stereocenters. The zero-order valence-corrected chi connectivity index (χ0v) is 9.03. The largest absolute Gasteiger partial charge is 0.465 e. The molecule has 0 saturated heterocycles. The lowest BCUT2D eigenvalue weighted by Gasteiger charge is -2.00. The number of ether oxygens (including phenoxy) is 1. The molecule has 0 heterocycles. The monoisotopic (exact) mass is 216 g/mol. The molecule has 3 heteroatoms. The number of aldehydes is 1. The van der Waals surface area contributed by atoms with E-state index >= 15 is 0 Å². The minimum Gasteiger partial charge on any atom is -0.465 e. The van der Waals surface area contributed by atoms with Gasteiger partial charge in [-0.25, -0.2) is 4.79 Å². The van der Waals surface area contributed by atoms with Gasteiger partial charge in [-0.1, -0.05) is 24.0 Å². The Morgan fingerprint density at radius 3 is 2.88 bits per heavy atom. The third kappa shape index (κ3) is 3.25. The Kier molecular flexibility index (Phi) is 4.81. The highest BCUT2D eigenvalue weighted by Crippen LogP contribution is 2.08. The lowest BCUT2D eigenvalue weighted by Crippen LogP contribution is -2.03. The highest BCUT2D eigenvalue weighted by atomic mass is 16.5. The number of hydrogen-bond acceptors (Lipinski definition) is 3. The summed E-state index contributed by atoms with van der Waals surface area (Å²) in [5, 5.41) is 0. The molecule has 16 heavy (non-hydrogen) atoms. The zero-order valence-electron chi connectivity index (χ0n) is 9.03. The molecule has 0 amide bonds. The Hall–Kier alpha value is -2.08. The molecule has 0 radical (unpaired) electrons. The lowest BCUT2D eigenvalue weighted by atomic mass is 10.1. The van der Waals surface area contributed by atoms with E-state index in [2.05, 4.69) is 16.6 Å². The second-order valence-electron chi connectivity index (χ2n) is 3.04. The number of benzene rings is 1. The van der Waals surface area contributed by atoms with Gasteiger partial charge in [0.25, 0.3) is 0 Å². The fourth-order valence-electron chi connectivity index (χ4n) is 1.17. The van der Waals surface area contributed by atoms with Crippen molar-refractivity contribution in [3.05, 3.63) is 35.4 Å². The fourth-order valence-corrected chi connectivity index (χ4v) is 1.17. The van der Waals surface area contributed by atoms with Crippen molar-refractivity contribution in [2.75, 3.05) is 7.11 Å². The molecule has 3 nitrogen and oxygen atoms in total. The van der Waals surface area contributed by atoms with Crippen LogP contribution in [0.25, 0.3) is 0 Å². The Morgan fingerprint density at radius 1 is 1.44 bits per heavy atom. The molecule has 0 aliphatic carbocycles. The van der Waals surface area contributed by atoms with Crippen molar-refractivity contribution < 1.29 is 14.3 Å². The van der Waals surface area contributed by atoms with Crippen molar-refractivity contribution in [2.24, 2.45) is 0 Å². The van der Waals surface area contributed by atoms with Crippen LogP contribution in [0.3, 0.4) is 0 Å². The molecule has 0 spiro atoms. The molecule has 0 aliphatic heterocycles. The number of esters is 1. The van der Waals surface area contributed by atoms with Gasteiger partial charge in [-0.15, -0.1) is 0 Å². The minimum atomic E-state index is -0.403. The molecular weight excluding hydrogens is 204 g/mol. The predicted molar refractivity (Wildman–Crippen MR) is 60.0 cm³/mol. The van der Waals surface area contributed by atoms with Crippen LogP contribution >= 0.6 is 0 Å². The first-order chi connectivity index (χ1) is 7.79. The molecular formula is C13H12O3. The summed E-state index contributed by atoms with van der Waals surface area (Å²) in [5.41, 5.74) is 1.07. The molecule has 0 N–H and O–H groups in total. The summed E-state index contributed by atoms with van der Waals surface area (Å²) in [4.78, 5) is 21.5. The van der Waals surface area contributed by atoms with Gasteiger partial charge in [-0.05, 0) is 12.1 Å². The summed E-state index contributed by atoms with van der Waals surface area (Å²) < 4.78 is 4.64. The molecule has 1 aromatic carbocycles. The Morgan fingerprint density at radius 2 is 2.19 bits per heavy atom. The Bertz CT molecular complexity index is 438. The molecule has 82 valence electrons. The van der Waals surface area contributed by atoms with E-state index in [0.717, 1.165) is 6.29 Å². The molecule has 0 aromatic heterocycles. The maximum absolute atomic E-state index is 11.4. The van der Waals surface area contributed by atoms with Crippen LogP contribution in [-0.4, -0.2) is 19.4 Å². The van der Waals surface area contributed by atoms with Crippen LogP contribution in [0, 0.1) is 11.8 Å². The molecule has 0 fully saturated rings. The van der Waals surface area contributed by atoms with Gasteiger partial charge in [-0.2, -0.15) is 0 Å². The van der Waals surface area contributed by atoms with Gasteiger partial charge in [-0.3, -0.25) is 0 Å². The molecule has 0 aliphatic rings. The number of methoxy groups -OCH3 is 1. The second kappa shape index (κ2) is 6.41. The number of carbonyl (C=O) groups is 2. The summed E-state index contributed by atoms with van der Waals surface area (Å²) in [6, 6.07) is 6.97. The lowest BCUT2D eigenvalue weighted by molar-refractivity contribution is -0.107. The SMILES string of the molecule is COC(=O)c1ccccc1C#CCCC=O. The highest BCUT2D eigenvalue weighted by molar-refractivity contribution is 5.92. The van der Waals surface area contributed by atoms with Crippen LogP contribution < -0.4 is 0 Å². The number of carbonyl (C=O) groups excluding carboxylic acids is 2. The topological polar surface area (TPSA) is 43.4 Å². The summed E-state index contributed by atoms with van der Waals surface area (Å²) in [7, 11) is 1.33. The van der Waals surface area contributed by atoms with Crippen LogP contribution in [0.1, 0.15) is 28.8 Å². The maximum atomic E-state index is 11.4. The molecule has 1 rings (SSSR count). The number of hydrogen-bond donors (Lipinski definition) is 0. The van der Waals surface area contributed by atoms with Crippen molar-refractivity contribution in [3.63, 3.8) is 0 Å². The van der Waals surface area contributed by atoms with Crippen LogP contribution in [0.5, 0.6) is 0 Å². The standard InChI is InChI=1S/C13H12O3/c1-16-13(15)12-9-5-4-8-11(12)7-3-2-6-10-14/h4-5,8-10H,2,6H2,1H3. The zero-order chi connectivity index (χ0) is 11.8. The third-order valence-corrected chi connectivity index (χ3v) is 1.94. The highest BCUT2D eigenvalue weighted by Gasteiger charge is 2.08. The predicted octanol–water partition coefficient (Wildman–Crippen LogP) is 1.80. The maximum Gasteiger partial charge on any atom is 0.339 e. The van der Waals surface area contributed by atoms with Crippen LogP contribution in [0.15, 0.2) is 24.3 Å². The first kappa shape index (κ1) is 12.0. The van der Waals surface area contributed by atoms with Crippen LogP contribution in [0.2, 0.25) is 0 Å². The smallest absolute Gasteiger partial charge is 0.339 e. The second-order valence-corrected chi connectivity index (χ2v) is 3.04. The molecule has 0 bridgehead atoms. The fraction of sp³-hybridized carbons (Fsp3) is 0.231. The van der Waals surface area contributed by atoms with E-state index in [9.17, 15) is 9.59 Å². The number of rotatable bonds is 3. The van der Waals surface area contributed by atoms with Crippen molar-refractivity contribution in [2.45, 2.75) is 12.8 Å². The quantitative estimate of drug-likeness (QED) is 0.335. The van der Waals surface area contributed by atoms with Crippen molar-refractivity contribution >= 4 is 12.3 Å². The third-order valence-electron chi connectivity index (χ3n) is 1.94. The van der Waals surface area contributed by atoms with E-state index in [1.165, 1.54) is 7.11 Å². The van der Waals surface area contributed by atoms with Crippen molar-refractivity contribution in [3.8, 4) is 11.8 Å². The van der Waals surface area contributed by atoms with Gasteiger partial charge in [0.15, 0.2) is 0 Å². The molecule has 1 aromatic rings. The van der Waals surface area contributed by atoms with Crippen molar-refractivity contribution in [1.82, 2.24) is 0 Å². The van der Waals surface area contributed by atoms with E-state index in [-0.39, 0.29) is 0 Å². The first-order valence-electron chi connectivity index (χ1n) is 4.89. The Balaban J connectivity index is 2.89. The van der Waals surface area contributed by atoms with Gasteiger partial charge in [0.1, 0.15) is 6.29 Å². The summed E-state index contributed by atoms with van der Waals surface area (Å²) in [6.45, 7) is 0. The van der Waals surface area contributed by atoms with E-state index in [1.807, 2.05) is 0 Å². The number of unbranched alkanes of at least 4 members (excludes halogenated alkanes) is 1. The van der Waals surface area contributed by atoms with Gasteiger partial charge < -0.3 is 9.53 Å². The van der Waals surface area contributed by atoms with E-state index < -0.39 is 5.97 Å². The molecule has 0 atom stereocenters. The average molecular weight is 216 g/mol. The average Bonchev–Trinajstić information content (AvgIpc) is 2.34. The summed E-state index contributed by atoms with van der Waals surface area (Å²) in [6.07, 6.45) is 1.73. The minimum absolute atomic E-state index is 0.403. The molecule has 0 saturated carbocycles. The van der Waals surface area contributed by atoms with E-state index in [4.69, 9.17) is 0 Å². The van der Waals surface area contributed by atoms with Gasteiger partial charge in [0, 0.05) is 18.4 Å². The van der Waals surface area contributed by atoms with Gasteiger partial charge in [0.05, 0.1) is 12.7 Å². The van der Waals surface area contributed by atoms with Crippen molar-refractivity contribution in [1.29, 1.82) is 0 Å².